The first-order valence-corrected chi connectivity index (χ1v) is 6.45. The molecule has 4 nitrogen and oxygen atoms in total. The number of benzene rings is 1. The van der Waals surface area contributed by atoms with Crippen molar-refractivity contribution < 1.29 is 5.11 Å². The first-order valence-electron chi connectivity index (χ1n) is 6.45. The number of hydrogen-bond donors (Lipinski definition) is 1. The summed E-state index contributed by atoms with van der Waals surface area (Å²) in [4.78, 5) is 11.5. The van der Waals surface area contributed by atoms with Crippen LogP contribution in [-0.2, 0) is 6.42 Å². The van der Waals surface area contributed by atoms with Crippen LogP contribution in [0.5, 0.6) is 5.75 Å². The number of rotatable bonds is 3. The molecule has 0 radical (unpaired) electrons. The standard InChI is InChI=1S/C16H16N2O2/c1-3-12-10-16(20)15(19)9-8-14(12)18-17-13-6-4-11(2)5-7-13/h4-10H,3H2,1-2H3,(H,19,20). The van der Waals surface area contributed by atoms with Gasteiger partial charge < -0.3 is 5.11 Å². The molecular formula is C16H16N2O2. The lowest BCUT2D eigenvalue weighted by atomic mass is 10.2. The molecule has 1 N–H and O–H groups in total. The van der Waals surface area contributed by atoms with E-state index in [2.05, 4.69) is 10.2 Å². The molecule has 0 heterocycles. The Kier molecular flexibility index (Phi) is 4.25. The molecule has 0 aliphatic rings. The predicted octanol–water partition coefficient (Wildman–Crippen LogP) is 4.04. The summed E-state index contributed by atoms with van der Waals surface area (Å²) in [7, 11) is 0. The molecule has 0 aliphatic heterocycles. The van der Waals surface area contributed by atoms with Gasteiger partial charge in [0.25, 0.3) is 0 Å². The van der Waals surface area contributed by atoms with Gasteiger partial charge in [-0.3, -0.25) is 4.79 Å². The zero-order valence-corrected chi connectivity index (χ0v) is 11.5. The summed E-state index contributed by atoms with van der Waals surface area (Å²) in [5.74, 6) is -0.281. The van der Waals surface area contributed by atoms with Crippen molar-refractivity contribution in [1.82, 2.24) is 0 Å². The fourth-order valence-electron chi connectivity index (χ4n) is 1.76. The first-order chi connectivity index (χ1) is 9.60. The highest BCUT2D eigenvalue weighted by molar-refractivity contribution is 5.47. The van der Waals surface area contributed by atoms with E-state index in [1.807, 2.05) is 38.1 Å². The molecule has 0 fully saturated rings. The zero-order valence-electron chi connectivity index (χ0n) is 11.5. The van der Waals surface area contributed by atoms with Crippen molar-refractivity contribution in [2.45, 2.75) is 20.3 Å². The van der Waals surface area contributed by atoms with Crippen molar-refractivity contribution in [3.63, 3.8) is 0 Å². The summed E-state index contributed by atoms with van der Waals surface area (Å²) in [6, 6.07) is 12.0. The lowest BCUT2D eigenvalue weighted by Crippen LogP contribution is -1.94. The van der Waals surface area contributed by atoms with E-state index in [0.717, 1.165) is 16.8 Å². The zero-order chi connectivity index (χ0) is 14.5. The summed E-state index contributed by atoms with van der Waals surface area (Å²) in [6.07, 6.45) is 0.644. The van der Waals surface area contributed by atoms with Crippen LogP contribution in [0, 0.1) is 6.92 Å². The fourth-order valence-corrected chi connectivity index (χ4v) is 1.76. The third-order valence-electron chi connectivity index (χ3n) is 2.97. The molecule has 102 valence electrons. The third-order valence-corrected chi connectivity index (χ3v) is 2.97. The minimum absolute atomic E-state index is 0.281. The van der Waals surface area contributed by atoms with E-state index in [-0.39, 0.29) is 5.75 Å². The van der Waals surface area contributed by atoms with Gasteiger partial charge in [-0.1, -0.05) is 24.6 Å². The lowest BCUT2D eigenvalue weighted by molar-refractivity contribution is 0.471. The van der Waals surface area contributed by atoms with Crippen LogP contribution in [0.25, 0.3) is 0 Å². The van der Waals surface area contributed by atoms with Gasteiger partial charge in [0.05, 0.1) is 11.4 Å². The van der Waals surface area contributed by atoms with Gasteiger partial charge in [0.2, 0.25) is 5.43 Å². The highest BCUT2D eigenvalue weighted by Crippen LogP contribution is 2.22. The van der Waals surface area contributed by atoms with Crippen molar-refractivity contribution in [2.75, 3.05) is 0 Å². The van der Waals surface area contributed by atoms with Gasteiger partial charge in [-0.2, -0.15) is 10.2 Å². The second-order valence-corrected chi connectivity index (χ2v) is 4.53. The molecule has 2 aromatic carbocycles. The highest BCUT2D eigenvalue weighted by atomic mass is 16.3. The molecule has 0 aliphatic carbocycles. The Morgan fingerprint density at radius 3 is 2.40 bits per heavy atom. The molecule has 2 rings (SSSR count). The smallest absolute Gasteiger partial charge is 0.220 e. The largest absolute Gasteiger partial charge is 0.504 e. The van der Waals surface area contributed by atoms with E-state index in [1.54, 1.807) is 6.07 Å². The van der Waals surface area contributed by atoms with E-state index < -0.39 is 5.43 Å². The minimum Gasteiger partial charge on any atom is -0.504 e. The van der Waals surface area contributed by atoms with Gasteiger partial charge in [-0.15, -0.1) is 0 Å². The predicted molar refractivity (Wildman–Crippen MR) is 79.1 cm³/mol. The summed E-state index contributed by atoms with van der Waals surface area (Å²) in [6.45, 7) is 3.93. The van der Waals surface area contributed by atoms with Crippen molar-refractivity contribution in [1.29, 1.82) is 0 Å². The molecule has 4 heteroatoms. The van der Waals surface area contributed by atoms with Crippen LogP contribution in [0.4, 0.5) is 11.4 Å². The molecule has 0 bridgehead atoms. The Balaban J connectivity index is 2.40. The SMILES string of the molecule is CCc1cc(=O)c(O)ccc1N=Nc1ccc(C)cc1. The van der Waals surface area contributed by atoms with Crippen LogP contribution in [-0.4, -0.2) is 5.11 Å². The van der Waals surface area contributed by atoms with Crippen molar-refractivity contribution in [3.8, 4) is 5.75 Å². The minimum atomic E-state index is -0.404. The molecule has 0 amide bonds. The van der Waals surface area contributed by atoms with Crippen LogP contribution in [0.3, 0.4) is 0 Å². The topological polar surface area (TPSA) is 62.0 Å². The second kappa shape index (κ2) is 6.10. The molecule has 20 heavy (non-hydrogen) atoms. The maximum atomic E-state index is 11.5. The van der Waals surface area contributed by atoms with Crippen molar-refractivity contribution in [3.05, 3.63) is 63.8 Å². The molecule has 0 saturated carbocycles. The monoisotopic (exact) mass is 268 g/mol. The van der Waals surface area contributed by atoms with Gasteiger partial charge in [0, 0.05) is 0 Å². The molecule has 0 unspecified atom stereocenters. The lowest BCUT2D eigenvalue weighted by Gasteiger charge is -1.97. The van der Waals surface area contributed by atoms with Crippen LogP contribution in [0.1, 0.15) is 18.1 Å². The molecular weight excluding hydrogens is 252 g/mol. The third kappa shape index (κ3) is 3.29. The molecule has 0 atom stereocenters. The highest BCUT2D eigenvalue weighted by Gasteiger charge is 2.02. The first kappa shape index (κ1) is 13.9. The maximum absolute atomic E-state index is 11.5. The fraction of sp³-hybridized carbons (Fsp3) is 0.188. The van der Waals surface area contributed by atoms with Crippen molar-refractivity contribution >= 4 is 11.4 Å². The Bertz CT molecular complexity index is 692. The maximum Gasteiger partial charge on any atom is 0.220 e. The molecule has 0 spiro atoms. The number of azo groups is 1. The Hall–Kier alpha value is -2.49. The van der Waals surface area contributed by atoms with E-state index in [0.29, 0.717) is 12.1 Å². The average Bonchev–Trinajstić information content (AvgIpc) is 2.59. The quantitative estimate of drug-likeness (QED) is 0.854. The van der Waals surface area contributed by atoms with Gasteiger partial charge in [0.15, 0.2) is 5.75 Å². The van der Waals surface area contributed by atoms with Gasteiger partial charge in [0.1, 0.15) is 0 Å². The Morgan fingerprint density at radius 1 is 1.05 bits per heavy atom. The number of aryl methyl sites for hydroxylation is 2. The van der Waals surface area contributed by atoms with E-state index in [1.165, 1.54) is 12.1 Å². The summed E-state index contributed by atoms with van der Waals surface area (Å²) < 4.78 is 0. The van der Waals surface area contributed by atoms with Crippen LogP contribution in [0.15, 0.2) is 57.5 Å². The molecule has 0 aromatic heterocycles. The van der Waals surface area contributed by atoms with E-state index in [9.17, 15) is 9.90 Å². The number of hydrogen-bond acceptors (Lipinski definition) is 4. The second-order valence-electron chi connectivity index (χ2n) is 4.53. The average molecular weight is 268 g/mol. The number of aromatic hydroxyl groups is 1. The Labute approximate surface area is 117 Å². The summed E-state index contributed by atoms with van der Waals surface area (Å²) >= 11 is 0. The van der Waals surface area contributed by atoms with Crippen LogP contribution in [0.2, 0.25) is 0 Å². The Morgan fingerprint density at radius 2 is 1.75 bits per heavy atom. The normalized spacial score (nSPS) is 10.9. The molecule has 2 aromatic rings. The van der Waals surface area contributed by atoms with Gasteiger partial charge in [-0.05, 0) is 49.2 Å². The van der Waals surface area contributed by atoms with Crippen LogP contribution < -0.4 is 5.43 Å². The van der Waals surface area contributed by atoms with Gasteiger partial charge in [-0.25, -0.2) is 0 Å². The summed E-state index contributed by atoms with van der Waals surface area (Å²) in [5, 5.41) is 17.8. The van der Waals surface area contributed by atoms with Gasteiger partial charge >= 0.3 is 0 Å². The van der Waals surface area contributed by atoms with Crippen molar-refractivity contribution in [2.24, 2.45) is 10.2 Å². The number of nitrogens with zero attached hydrogens (tertiary/aromatic N) is 2. The van der Waals surface area contributed by atoms with E-state index in [4.69, 9.17) is 0 Å². The molecule has 0 saturated heterocycles. The van der Waals surface area contributed by atoms with E-state index >= 15 is 0 Å². The van der Waals surface area contributed by atoms with Crippen LogP contribution >= 0.6 is 0 Å². The summed E-state index contributed by atoms with van der Waals surface area (Å²) in [5.41, 5.74) is 2.84.